The first-order valence-corrected chi connectivity index (χ1v) is 10.5. The molecular formula is C19H25ClN4O3S. The van der Waals surface area contributed by atoms with E-state index in [1.54, 1.807) is 0 Å². The third kappa shape index (κ3) is 5.11. The summed E-state index contributed by atoms with van der Waals surface area (Å²) in [6.07, 6.45) is 6.15. The fourth-order valence-electron chi connectivity index (χ4n) is 3.80. The van der Waals surface area contributed by atoms with E-state index in [0.29, 0.717) is 28.9 Å². The molecule has 2 heterocycles. The molecule has 2 fully saturated rings. The first-order valence-electron chi connectivity index (χ1n) is 9.74. The van der Waals surface area contributed by atoms with Gasteiger partial charge in [-0.15, -0.1) is 0 Å². The average Bonchev–Trinajstić information content (AvgIpc) is 2.98. The zero-order valence-corrected chi connectivity index (χ0v) is 17.3. The van der Waals surface area contributed by atoms with Gasteiger partial charge in [0.2, 0.25) is 5.91 Å². The number of anilines is 1. The molecule has 1 aromatic carbocycles. The molecule has 0 radical (unpaired) electrons. The summed E-state index contributed by atoms with van der Waals surface area (Å²) in [7, 11) is 0. The van der Waals surface area contributed by atoms with Gasteiger partial charge in [-0.25, -0.2) is 0 Å². The summed E-state index contributed by atoms with van der Waals surface area (Å²) in [6.45, 7) is 3.12. The van der Waals surface area contributed by atoms with Gasteiger partial charge in [-0.3, -0.25) is 14.9 Å². The zero-order chi connectivity index (χ0) is 20.1. The molecule has 1 amide bonds. The van der Waals surface area contributed by atoms with Crippen LogP contribution in [0.5, 0.6) is 0 Å². The van der Waals surface area contributed by atoms with Crippen molar-refractivity contribution in [3.8, 4) is 0 Å². The van der Waals surface area contributed by atoms with E-state index in [4.69, 9.17) is 23.8 Å². The van der Waals surface area contributed by atoms with Gasteiger partial charge < -0.3 is 15.1 Å². The summed E-state index contributed by atoms with van der Waals surface area (Å²) >= 11 is 11.6. The lowest BCUT2D eigenvalue weighted by Crippen LogP contribution is -2.45. The van der Waals surface area contributed by atoms with Crippen LogP contribution in [0.3, 0.4) is 0 Å². The standard InChI is InChI=1S/C19H25ClN4O3S/c20-16-6-5-15(24(26)27)13-17(16)21-19(28)23-11-7-14(8-12-23)18(25)22-9-3-1-2-4-10-22/h5-6,13-14H,1-4,7-12H2,(H,21,28). The number of nitro benzene ring substituents is 1. The van der Waals surface area contributed by atoms with E-state index in [2.05, 4.69) is 5.32 Å². The van der Waals surface area contributed by atoms with E-state index in [-0.39, 0.29) is 17.5 Å². The molecule has 0 unspecified atom stereocenters. The molecule has 0 aliphatic carbocycles. The lowest BCUT2D eigenvalue weighted by molar-refractivity contribution is -0.384. The third-order valence-corrected chi connectivity index (χ3v) is 6.14. The molecule has 0 bridgehead atoms. The minimum Gasteiger partial charge on any atom is -0.349 e. The monoisotopic (exact) mass is 424 g/mol. The molecule has 3 rings (SSSR count). The molecule has 1 aromatic rings. The van der Waals surface area contributed by atoms with Crippen LogP contribution in [-0.2, 0) is 4.79 Å². The number of benzene rings is 1. The van der Waals surface area contributed by atoms with Crippen LogP contribution in [0.1, 0.15) is 38.5 Å². The number of hydrogen-bond acceptors (Lipinski definition) is 4. The van der Waals surface area contributed by atoms with Gasteiger partial charge in [-0.05, 0) is 44.0 Å². The van der Waals surface area contributed by atoms with Crippen molar-refractivity contribution in [2.45, 2.75) is 38.5 Å². The number of thiocarbonyl (C=S) groups is 1. The lowest BCUT2D eigenvalue weighted by Gasteiger charge is -2.35. The van der Waals surface area contributed by atoms with Crippen LogP contribution in [0, 0.1) is 16.0 Å². The average molecular weight is 425 g/mol. The molecule has 9 heteroatoms. The molecule has 7 nitrogen and oxygen atoms in total. The summed E-state index contributed by atoms with van der Waals surface area (Å²) in [5.41, 5.74) is 0.375. The Kier molecular flexibility index (Phi) is 7.07. The van der Waals surface area contributed by atoms with E-state index >= 15 is 0 Å². The number of halogens is 1. The van der Waals surface area contributed by atoms with E-state index < -0.39 is 4.92 Å². The van der Waals surface area contributed by atoms with Crippen molar-refractivity contribution in [2.24, 2.45) is 5.92 Å². The number of carbonyl (C=O) groups is 1. The van der Waals surface area contributed by atoms with Gasteiger partial charge in [0, 0.05) is 44.2 Å². The molecule has 152 valence electrons. The summed E-state index contributed by atoms with van der Waals surface area (Å²) in [5, 5.41) is 14.8. The van der Waals surface area contributed by atoms with Crippen LogP contribution in [0.25, 0.3) is 0 Å². The third-order valence-electron chi connectivity index (χ3n) is 5.45. The van der Waals surface area contributed by atoms with Gasteiger partial charge >= 0.3 is 0 Å². The van der Waals surface area contributed by atoms with Crippen LogP contribution in [0.15, 0.2) is 18.2 Å². The van der Waals surface area contributed by atoms with Crippen molar-refractivity contribution < 1.29 is 9.72 Å². The van der Waals surface area contributed by atoms with Crippen molar-refractivity contribution in [3.63, 3.8) is 0 Å². The maximum absolute atomic E-state index is 12.8. The molecule has 2 aliphatic heterocycles. The van der Waals surface area contributed by atoms with E-state index in [0.717, 1.165) is 38.8 Å². The van der Waals surface area contributed by atoms with Crippen LogP contribution in [-0.4, -0.2) is 51.9 Å². The highest BCUT2D eigenvalue weighted by Gasteiger charge is 2.29. The fourth-order valence-corrected chi connectivity index (χ4v) is 4.25. The number of rotatable bonds is 3. The van der Waals surface area contributed by atoms with Crippen molar-refractivity contribution in [1.29, 1.82) is 0 Å². The number of amides is 1. The highest BCUT2D eigenvalue weighted by Crippen LogP contribution is 2.28. The van der Waals surface area contributed by atoms with E-state index in [1.807, 2.05) is 9.80 Å². The summed E-state index contributed by atoms with van der Waals surface area (Å²) < 4.78 is 0. The number of carbonyl (C=O) groups excluding carboxylic acids is 1. The van der Waals surface area contributed by atoms with Crippen molar-refractivity contribution in [3.05, 3.63) is 33.3 Å². The molecule has 28 heavy (non-hydrogen) atoms. The fraction of sp³-hybridized carbons (Fsp3) is 0.579. The topological polar surface area (TPSA) is 78.7 Å². The van der Waals surface area contributed by atoms with Crippen LogP contribution < -0.4 is 5.32 Å². The van der Waals surface area contributed by atoms with E-state index in [9.17, 15) is 14.9 Å². The Balaban J connectivity index is 1.54. The molecule has 0 aromatic heterocycles. The van der Waals surface area contributed by atoms with Crippen molar-refractivity contribution in [2.75, 3.05) is 31.5 Å². The highest BCUT2D eigenvalue weighted by atomic mass is 35.5. The quantitative estimate of drug-likeness (QED) is 0.448. The van der Waals surface area contributed by atoms with Crippen molar-refractivity contribution >= 4 is 46.2 Å². The predicted octanol–water partition coefficient (Wildman–Crippen LogP) is 4.06. The Bertz CT molecular complexity index is 745. The van der Waals surface area contributed by atoms with Crippen molar-refractivity contribution in [1.82, 2.24) is 9.80 Å². The molecule has 0 atom stereocenters. The number of nitrogens with zero attached hydrogens (tertiary/aromatic N) is 3. The smallest absolute Gasteiger partial charge is 0.271 e. The van der Waals surface area contributed by atoms with Crippen LogP contribution >= 0.6 is 23.8 Å². The van der Waals surface area contributed by atoms with E-state index in [1.165, 1.54) is 31.0 Å². The number of nitrogens with one attached hydrogen (secondary N) is 1. The largest absolute Gasteiger partial charge is 0.349 e. The highest BCUT2D eigenvalue weighted by molar-refractivity contribution is 7.80. The van der Waals surface area contributed by atoms with Gasteiger partial charge in [0.15, 0.2) is 5.11 Å². The Labute approximate surface area is 175 Å². The predicted molar refractivity (Wildman–Crippen MR) is 114 cm³/mol. The molecule has 2 aliphatic rings. The van der Waals surface area contributed by atoms with Crippen LogP contribution in [0.4, 0.5) is 11.4 Å². The van der Waals surface area contributed by atoms with Gasteiger partial charge in [0.1, 0.15) is 0 Å². The lowest BCUT2D eigenvalue weighted by atomic mass is 9.95. The summed E-state index contributed by atoms with van der Waals surface area (Å²) in [4.78, 5) is 27.3. The molecular weight excluding hydrogens is 400 g/mol. The summed E-state index contributed by atoms with van der Waals surface area (Å²) in [5.74, 6) is 0.334. The van der Waals surface area contributed by atoms with Gasteiger partial charge in [0.05, 0.1) is 15.6 Å². The second kappa shape index (κ2) is 9.52. The number of hydrogen-bond donors (Lipinski definition) is 1. The Hall–Kier alpha value is -1.93. The number of non-ortho nitro benzene ring substituents is 1. The number of nitro groups is 1. The SMILES string of the molecule is O=C(C1CCN(C(=S)Nc2cc([N+](=O)[O-])ccc2Cl)CC1)N1CCCCCC1. The minimum atomic E-state index is -0.468. The maximum atomic E-state index is 12.8. The second-order valence-electron chi connectivity index (χ2n) is 7.35. The molecule has 0 spiro atoms. The van der Waals surface area contributed by atoms with Gasteiger partial charge in [-0.2, -0.15) is 0 Å². The maximum Gasteiger partial charge on any atom is 0.271 e. The number of piperidine rings is 1. The summed E-state index contributed by atoms with van der Waals surface area (Å²) in [6, 6.07) is 4.22. The first kappa shape index (κ1) is 20.8. The zero-order valence-electron chi connectivity index (χ0n) is 15.7. The normalized spacial score (nSPS) is 18.5. The Morgan fingerprint density at radius 3 is 2.36 bits per heavy atom. The van der Waals surface area contributed by atoms with Gasteiger partial charge in [0.25, 0.3) is 5.69 Å². The number of likely N-dealkylation sites (tertiary alicyclic amines) is 2. The first-order chi connectivity index (χ1) is 13.5. The Morgan fingerprint density at radius 1 is 1.11 bits per heavy atom. The second-order valence-corrected chi connectivity index (χ2v) is 8.15. The van der Waals surface area contributed by atoms with Gasteiger partial charge in [-0.1, -0.05) is 24.4 Å². The Morgan fingerprint density at radius 2 is 1.75 bits per heavy atom. The minimum absolute atomic E-state index is 0.0449. The van der Waals surface area contributed by atoms with Crippen LogP contribution in [0.2, 0.25) is 5.02 Å². The molecule has 2 saturated heterocycles. The molecule has 1 N–H and O–H groups in total. The molecule has 0 saturated carbocycles.